The van der Waals surface area contributed by atoms with Crippen molar-refractivity contribution in [2.75, 3.05) is 0 Å². The van der Waals surface area contributed by atoms with Crippen LogP contribution >= 0.6 is 12.2 Å². The van der Waals surface area contributed by atoms with Gasteiger partial charge in [-0.15, -0.1) is 0 Å². The summed E-state index contributed by atoms with van der Waals surface area (Å²) >= 11 is 5.41. The van der Waals surface area contributed by atoms with E-state index in [4.69, 9.17) is 12.2 Å². The van der Waals surface area contributed by atoms with E-state index in [1.54, 1.807) is 22.4 Å². The first kappa shape index (κ1) is 19.6. The molecule has 3 aromatic rings. The van der Waals surface area contributed by atoms with E-state index in [9.17, 15) is 22.4 Å². The monoisotopic (exact) mass is 424 g/mol. The Balaban J connectivity index is 1.64. The summed E-state index contributed by atoms with van der Waals surface area (Å²) in [7, 11) is 1.75. The molecule has 0 spiro atoms. The summed E-state index contributed by atoms with van der Waals surface area (Å²) in [6.45, 7) is 0.105. The number of aromatic nitrogens is 4. The molecule has 4 rings (SSSR count). The minimum Gasteiger partial charge on any atom is -0.324 e. The first-order chi connectivity index (χ1) is 13.8. The van der Waals surface area contributed by atoms with E-state index < -0.39 is 34.8 Å². The molecular weight excluding hydrogens is 408 g/mol. The van der Waals surface area contributed by atoms with Crippen LogP contribution in [0.4, 0.5) is 17.6 Å². The number of nitrogens with zero attached hydrogens (tertiary/aromatic N) is 4. The highest BCUT2D eigenvalue weighted by Gasteiger charge is 2.34. The smallest absolute Gasteiger partial charge is 0.232 e. The lowest BCUT2D eigenvalue weighted by molar-refractivity contribution is 0.0902. The highest BCUT2D eigenvalue weighted by atomic mass is 32.1. The molecule has 10 heteroatoms. The Kier molecular flexibility index (Phi) is 4.89. The average Bonchev–Trinajstić information content (AvgIpc) is 3.40. The van der Waals surface area contributed by atoms with Crippen molar-refractivity contribution in [3.8, 4) is 0 Å². The molecule has 1 atom stereocenters. The molecular formula is C19H16F4N4OS. The third-order valence-electron chi connectivity index (χ3n) is 5.35. The maximum Gasteiger partial charge on any atom is 0.232 e. The fraction of sp³-hybridized carbons (Fsp3) is 0.316. The number of carbonyl (C=O) groups excluding carboxylic acids is 1. The van der Waals surface area contributed by atoms with Gasteiger partial charge in [-0.3, -0.25) is 9.36 Å². The predicted octanol–water partition coefficient (Wildman–Crippen LogP) is 3.92. The van der Waals surface area contributed by atoms with Gasteiger partial charge in [-0.25, -0.2) is 22.5 Å². The second-order valence-electron chi connectivity index (χ2n) is 6.99. The van der Waals surface area contributed by atoms with Crippen LogP contribution in [-0.4, -0.2) is 24.6 Å². The van der Waals surface area contributed by atoms with Gasteiger partial charge in [0.1, 0.15) is 6.33 Å². The van der Waals surface area contributed by atoms with Gasteiger partial charge in [0.2, 0.25) is 5.91 Å². The molecule has 1 aliphatic heterocycles. The fourth-order valence-corrected chi connectivity index (χ4v) is 4.21. The molecule has 29 heavy (non-hydrogen) atoms. The number of carbonyl (C=O) groups is 1. The van der Waals surface area contributed by atoms with Gasteiger partial charge in [-0.05, 0) is 25.1 Å². The minimum absolute atomic E-state index is 0.105. The van der Waals surface area contributed by atoms with E-state index >= 15 is 0 Å². The number of hydrogen-bond acceptors (Lipinski definition) is 3. The van der Waals surface area contributed by atoms with Crippen LogP contribution in [-0.2, 0) is 26.4 Å². The Bertz CT molecular complexity index is 1140. The Morgan fingerprint density at radius 1 is 1.24 bits per heavy atom. The van der Waals surface area contributed by atoms with E-state index in [1.807, 2.05) is 0 Å². The van der Waals surface area contributed by atoms with Gasteiger partial charge in [0.05, 0.1) is 0 Å². The second-order valence-corrected chi connectivity index (χ2v) is 7.36. The van der Waals surface area contributed by atoms with Gasteiger partial charge in [-0.2, -0.15) is 0 Å². The number of halogens is 4. The van der Waals surface area contributed by atoms with E-state index in [0.717, 1.165) is 5.69 Å². The number of rotatable bonds is 4. The normalized spacial score (nSPS) is 15.7. The summed E-state index contributed by atoms with van der Waals surface area (Å²) in [4.78, 5) is 16.1. The summed E-state index contributed by atoms with van der Waals surface area (Å²) in [6.07, 6.45) is 5.15. The zero-order valence-electron chi connectivity index (χ0n) is 15.3. The van der Waals surface area contributed by atoms with Crippen LogP contribution < -0.4 is 0 Å². The van der Waals surface area contributed by atoms with Crippen molar-refractivity contribution in [2.24, 2.45) is 7.05 Å². The molecule has 1 unspecified atom stereocenters. The number of imidazole rings is 2. The Morgan fingerprint density at radius 3 is 2.55 bits per heavy atom. The molecule has 0 fully saturated rings. The molecule has 0 radical (unpaired) electrons. The van der Waals surface area contributed by atoms with Crippen molar-refractivity contribution in [3.63, 3.8) is 0 Å². The Hall–Kier alpha value is -2.75. The molecule has 5 nitrogen and oxygen atoms in total. The third-order valence-corrected chi connectivity index (χ3v) is 5.84. The summed E-state index contributed by atoms with van der Waals surface area (Å²) in [5, 5.41) is 0. The molecule has 2 aromatic heterocycles. The van der Waals surface area contributed by atoms with Crippen molar-refractivity contribution < 1.29 is 22.4 Å². The zero-order valence-corrected chi connectivity index (χ0v) is 16.1. The summed E-state index contributed by atoms with van der Waals surface area (Å²) in [6, 6.07) is 0.203. The maximum atomic E-state index is 14.2. The van der Waals surface area contributed by atoms with E-state index in [-0.39, 0.29) is 31.4 Å². The molecule has 0 aliphatic carbocycles. The fourth-order valence-electron chi connectivity index (χ4n) is 3.91. The average molecular weight is 424 g/mol. The van der Waals surface area contributed by atoms with Gasteiger partial charge in [0.25, 0.3) is 0 Å². The summed E-state index contributed by atoms with van der Waals surface area (Å²) < 4.78 is 61.0. The van der Waals surface area contributed by atoms with Crippen LogP contribution in [0.25, 0.3) is 0 Å². The van der Waals surface area contributed by atoms with Gasteiger partial charge >= 0.3 is 0 Å². The van der Waals surface area contributed by atoms with Crippen LogP contribution in [0.2, 0.25) is 0 Å². The highest BCUT2D eigenvalue weighted by Crippen LogP contribution is 2.36. The van der Waals surface area contributed by atoms with Crippen molar-refractivity contribution >= 4 is 18.1 Å². The van der Waals surface area contributed by atoms with Crippen LogP contribution in [0, 0.1) is 28.0 Å². The largest absolute Gasteiger partial charge is 0.324 e. The van der Waals surface area contributed by atoms with Crippen molar-refractivity contribution in [3.05, 3.63) is 69.8 Å². The molecule has 0 bridgehead atoms. The van der Waals surface area contributed by atoms with Gasteiger partial charge in [-0.1, -0.05) is 0 Å². The van der Waals surface area contributed by atoms with Gasteiger partial charge in [0, 0.05) is 61.3 Å². The third kappa shape index (κ3) is 3.21. The lowest BCUT2D eigenvalue weighted by Crippen LogP contribution is -2.13. The van der Waals surface area contributed by atoms with Crippen LogP contribution in [0.3, 0.4) is 0 Å². The zero-order chi connectivity index (χ0) is 20.9. The first-order valence-electron chi connectivity index (χ1n) is 8.90. The predicted molar refractivity (Wildman–Crippen MR) is 98.1 cm³/mol. The lowest BCUT2D eigenvalue weighted by atomic mass is 9.94. The number of hydrogen-bond donors (Lipinski definition) is 0. The number of benzene rings is 1. The first-order valence-corrected chi connectivity index (χ1v) is 9.31. The molecule has 1 aromatic carbocycles. The number of fused-ring (bicyclic) bond motifs is 1. The quantitative estimate of drug-likeness (QED) is 0.362. The van der Waals surface area contributed by atoms with Crippen LogP contribution in [0.15, 0.2) is 24.8 Å². The van der Waals surface area contributed by atoms with Crippen LogP contribution in [0.5, 0.6) is 0 Å². The van der Waals surface area contributed by atoms with Crippen molar-refractivity contribution in [2.45, 2.75) is 31.7 Å². The van der Waals surface area contributed by atoms with Gasteiger partial charge < -0.3 is 9.13 Å². The molecule has 0 saturated heterocycles. The van der Waals surface area contributed by atoms with E-state index in [0.29, 0.717) is 16.9 Å². The standard InChI is InChI=1S/C19H16F4N4OS/c1-25-13(2-3-15(28)26-5-4-24-9-26)14-6-10(8-27(14)19(25)29)16-17(22)11(20)7-12(21)18(16)23/h4-5,7,9-10H,2-3,6,8H2,1H3. The molecule has 0 N–H and O–H groups in total. The van der Waals surface area contributed by atoms with E-state index in [1.165, 1.54) is 17.1 Å². The maximum absolute atomic E-state index is 14.2. The summed E-state index contributed by atoms with van der Waals surface area (Å²) in [5.41, 5.74) is 0.858. The molecule has 0 amide bonds. The topological polar surface area (TPSA) is 44.8 Å². The van der Waals surface area contributed by atoms with E-state index in [2.05, 4.69) is 4.98 Å². The van der Waals surface area contributed by atoms with Crippen LogP contribution in [0.1, 0.15) is 34.1 Å². The highest BCUT2D eigenvalue weighted by molar-refractivity contribution is 7.71. The van der Waals surface area contributed by atoms with Crippen molar-refractivity contribution in [1.29, 1.82) is 0 Å². The molecule has 152 valence electrons. The molecule has 1 aliphatic rings. The summed E-state index contributed by atoms with van der Waals surface area (Å²) in [5.74, 6) is -6.57. The molecule has 0 saturated carbocycles. The Labute approximate surface area is 168 Å². The lowest BCUT2D eigenvalue weighted by Gasteiger charge is -2.14. The SMILES string of the molecule is Cn1c(CCC(=O)n2ccnc2)c2n(c1=S)CC(c1c(F)c(F)cc(F)c1F)C2. The second kappa shape index (κ2) is 7.25. The minimum atomic E-state index is -1.43. The Morgan fingerprint density at radius 2 is 1.93 bits per heavy atom. The van der Waals surface area contributed by atoms with Crippen molar-refractivity contribution in [1.82, 2.24) is 18.7 Å². The molecule has 3 heterocycles. The van der Waals surface area contributed by atoms with Gasteiger partial charge in [0.15, 0.2) is 28.0 Å².